The Morgan fingerprint density at radius 1 is 0.494 bits per heavy atom. The van der Waals surface area contributed by atoms with E-state index in [9.17, 15) is 0 Å². The Morgan fingerprint density at radius 2 is 1.15 bits per heavy atom. The molecule has 4 heteroatoms. The summed E-state index contributed by atoms with van der Waals surface area (Å²) in [6.07, 6.45) is 18.9. The van der Waals surface area contributed by atoms with E-state index in [4.69, 9.17) is 4.42 Å². The van der Waals surface area contributed by atoms with Crippen molar-refractivity contribution in [2.45, 2.75) is 134 Å². The quantitative estimate of drug-likeness (QED) is 0.160. The second kappa shape index (κ2) is 16.9. The van der Waals surface area contributed by atoms with Crippen molar-refractivity contribution < 1.29 is 4.42 Å². The van der Waals surface area contributed by atoms with Crippen molar-refractivity contribution in [3.63, 3.8) is 0 Å². The number of benzene rings is 9. The number of aromatic nitrogens is 1. The average molecular weight is 1030 g/mol. The molecule has 4 fully saturated rings. The molecule has 0 saturated heterocycles. The fraction of sp³-hybridized carbons (Fsp3) is 0.307. The molecular formula is C75H69BN2O. The van der Waals surface area contributed by atoms with E-state index < -0.39 is 0 Å². The van der Waals surface area contributed by atoms with E-state index in [0.29, 0.717) is 0 Å². The molecule has 11 aromatic rings. The van der Waals surface area contributed by atoms with Crippen LogP contribution in [0.1, 0.15) is 133 Å². The molecule has 4 aliphatic carbocycles. The molecule has 0 spiro atoms. The normalized spacial score (nSPS) is 22.3. The first-order valence-corrected chi connectivity index (χ1v) is 30.3. The smallest absolute Gasteiger partial charge is 0.333 e. The van der Waals surface area contributed by atoms with Crippen LogP contribution in [-0.2, 0) is 16.2 Å². The van der Waals surface area contributed by atoms with Gasteiger partial charge in [0.1, 0.15) is 11.2 Å². The summed E-state index contributed by atoms with van der Waals surface area (Å²) < 4.78 is 10.0. The molecule has 9 aromatic carbocycles. The molecule has 6 aliphatic rings. The predicted octanol–water partition coefficient (Wildman–Crippen LogP) is 19.4. The lowest BCUT2D eigenvalue weighted by molar-refractivity contribution is 0.149. The maximum atomic E-state index is 7.16. The van der Waals surface area contributed by atoms with Gasteiger partial charge in [-0.05, 0) is 213 Å². The van der Waals surface area contributed by atoms with E-state index in [2.05, 4.69) is 201 Å². The Kier molecular flexibility index (Phi) is 9.95. The highest BCUT2D eigenvalue weighted by Crippen LogP contribution is 2.57. The molecule has 0 N–H and O–H groups in total. The fourth-order valence-corrected chi connectivity index (χ4v) is 17.7. The van der Waals surface area contributed by atoms with E-state index in [-0.39, 0.29) is 23.1 Å². The summed E-state index contributed by atoms with van der Waals surface area (Å²) >= 11 is 0. The first kappa shape index (κ1) is 46.6. The van der Waals surface area contributed by atoms with Crippen molar-refractivity contribution in [3.05, 3.63) is 186 Å². The van der Waals surface area contributed by atoms with Gasteiger partial charge in [0.15, 0.2) is 0 Å². The van der Waals surface area contributed by atoms with E-state index in [0.717, 1.165) is 33.8 Å². The third-order valence-corrected chi connectivity index (χ3v) is 21.4. The summed E-state index contributed by atoms with van der Waals surface area (Å²) in [6, 6.07) is 64.7. The Morgan fingerprint density at radius 3 is 1.89 bits per heavy atom. The summed E-state index contributed by atoms with van der Waals surface area (Å²) in [5.41, 5.74) is 25.1. The third-order valence-electron chi connectivity index (χ3n) is 21.4. The van der Waals surface area contributed by atoms with Crippen molar-refractivity contribution in [3.8, 4) is 33.4 Å². The molecule has 0 unspecified atom stereocenters. The Balaban J connectivity index is 1.03. The molecule has 17 rings (SSSR count). The monoisotopic (exact) mass is 1020 g/mol. The van der Waals surface area contributed by atoms with Gasteiger partial charge in [-0.15, -0.1) is 0 Å². The molecule has 0 radical (unpaired) electrons. The van der Waals surface area contributed by atoms with Gasteiger partial charge in [-0.1, -0.05) is 163 Å². The van der Waals surface area contributed by atoms with Crippen molar-refractivity contribution in [2.24, 2.45) is 11.8 Å². The van der Waals surface area contributed by atoms with Crippen LogP contribution in [0.15, 0.2) is 168 Å². The highest BCUT2D eigenvalue weighted by Gasteiger charge is 2.47. The van der Waals surface area contributed by atoms with E-state index >= 15 is 0 Å². The number of hydrogen-bond donors (Lipinski definition) is 0. The first-order valence-electron chi connectivity index (χ1n) is 30.3. The molecule has 4 bridgehead atoms. The highest BCUT2D eigenvalue weighted by atomic mass is 16.3. The maximum Gasteiger partial charge on any atom is 0.333 e. The second-order valence-corrected chi connectivity index (χ2v) is 26.9. The number of rotatable bonds is 5. The zero-order valence-corrected chi connectivity index (χ0v) is 46.5. The summed E-state index contributed by atoms with van der Waals surface area (Å²) in [4.78, 5) is 2.70. The van der Waals surface area contributed by atoms with Crippen LogP contribution in [-0.4, -0.2) is 11.3 Å². The van der Waals surface area contributed by atoms with Crippen molar-refractivity contribution in [1.29, 1.82) is 0 Å². The fourth-order valence-electron chi connectivity index (χ4n) is 17.7. The number of fused-ring (bicyclic) bond motifs is 15. The minimum atomic E-state index is -0.115. The summed E-state index contributed by atoms with van der Waals surface area (Å²) in [7, 11) is 0. The second-order valence-electron chi connectivity index (χ2n) is 26.9. The molecule has 0 atom stereocenters. The minimum Gasteiger partial charge on any atom is -0.456 e. The Hall–Kier alpha value is -7.30. The van der Waals surface area contributed by atoms with Crippen molar-refractivity contribution in [2.75, 3.05) is 4.90 Å². The lowest BCUT2D eigenvalue weighted by atomic mass is 9.44. The van der Waals surface area contributed by atoms with Crippen LogP contribution >= 0.6 is 0 Å². The van der Waals surface area contributed by atoms with Crippen LogP contribution in [0.25, 0.3) is 87.9 Å². The molecule has 0 amide bonds. The lowest BCUT2D eigenvalue weighted by Crippen LogP contribution is -2.56. The number of hydrogen-bond acceptors (Lipinski definition) is 2. The lowest BCUT2D eigenvalue weighted by Gasteiger charge is -2.46. The SMILES string of the molecule is Cc1ccccc1-c1cc2c3c(c1)N(c1ccc(C(C)(C)C)cc1-c1ccccc1)c1cc4c(cc1B3n1c3ccc(C56CCCC(CCC5)C6)cc3c3cc(C56CCCC(CCC5)C6)cc-2c31)oc1cc2ccccc2cc14. The van der Waals surface area contributed by atoms with Gasteiger partial charge in [-0.3, -0.25) is 0 Å². The molecule has 388 valence electrons. The van der Waals surface area contributed by atoms with Gasteiger partial charge in [0.2, 0.25) is 0 Å². The van der Waals surface area contributed by atoms with E-state index in [1.807, 2.05) is 0 Å². The average Bonchev–Trinajstić information content (AvgIpc) is 4.21. The van der Waals surface area contributed by atoms with Gasteiger partial charge in [0.25, 0.3) is 0 Å². The highest BCUT2D eigenvalue weighted by molar-refractivity contribution is 6.90. The van der Waals surface area contributed by atoms with Gasteiger partial charge in [0, 0.05) is 55.1 Å². The van der Waals surface area contributed by atoms with Crippen LogP contribution in [0.3, 0.4) is 0 Å². The summed E-state index contributed by atoms with van der Waals surface area (Å²) in [5.74, 6) is 1.69. The molecule has 4 heterocycles. The zero-order valence-electron chi connectivity index (χ0n) is 46.5. The number of aryl methyl sites for hydroxylation is 1. The van der Waals surface area contributed by atoms with Crippen molar-refractivity contribution >= 4 is 89.4 Å². The first-order chi connectivity index (χ1) is 38.6. The van der Waals surface area contributed by atoms with E-state index in [1.54, 1.807) is 11.1 Å². The standard InChI is InChI=1S/C75H69BN2O/c1-46-16-8-11-25-56(46)52-35-61-63-41-55(75-32-14-19-48(45-75)20-15-33-75)40-62-58-39-54(74-30-12-17-47(44-74)18-13-31-74)27-29-66(58)78(72(62)63)76-64-43-70-60(59-34-50-23-9-10-24-51(50)37-69(59)79-70)42-67(64)77(68(36-52)71(61)76)65-28-26-53(73(2,3)4)38-57(65)49-21-6-5-7-22-49/h5-11,16,21-29,34-43,47-48H,12-15,17-20,30-33,44-45H2,1-4H3. The molecule has 3 nitrogen and oxygen atoms in total. The van der Waals surface area contributed by atoms with Crippen LogP contribution in [0.4, 0.5) is 17.1 Å². The topological polar surface area (TPSA) is 21.3 Å². The van der Waals surface area contributed by atoms with Crippen LogP contribution in [0, 0.1) is 18.8 Å². The van der Waals surface area contributed by atoms with Gasteiger partial charge in [0.05, 0.1) is 5.69 Å². The Labute approximate surface area is 465 Å². The molecular weight excluding hydrogens is 956 g/mol. The third kappa shape index (κ3) is 6.85. The molecule has 2 aromatic heterocycles. The largest absolute Gasteiger partial charge is 0.456 e. The van der Waals surface area contributed by atoms with Crippen LogP contribution < -0.4 is 15.8 Å². The van der Waals surface area contributed by atoms with Gasteiger partial charge in [-0.2, -0.15) is 0 Å². The summed E-state index contributed by atoms with van der Waals surface area (Å²) in [5, 5.41) is 7.65. The Bertz CT molecular complexity index is 4350. The van der Waals surface area contributed by atoms with Gasteiger partial charge >= 0.3 is 6.85 Å². The number of furan rings is 1. The maximum absolute atomic E-state index is 7.16. The van der Waals surface area contributed by atoms with Crippen LogP contribution in [0.5, 0.6) is 0 Å². The summed E-state index contributed by atoms with van der Waals surface area (Å²) in [6.45, 7) is 9.23. The van der Waals surface area contributed by atoms with E-state index in [1.165, 1.54) is 195 Å². The minimum absolute atomic E-state index is 0.0465. The molecule has 79 heavy (non-hydrogen) atoms. The van der Waals surface area contributed by atoms with Crippen LogP contribution in [0.2, 0.25) is 0 Å². The number of nitrogens with zero attached hydrogens (tertiary/aromatic N) is 2. The molecule has 2 aliphatic heterocycles. The number of anilines is 3. The van der Waals surface area contributed by atoms with Gasteiger partial charge in [-0.25, -0.2) is 0 Å². The zero-order chi connectivity index (χ0) is 52.5. The van der Waals surface area contributed by atoms with Crippen molar-refractivity contribution in [1.82, 2.24) is 4.48 Å². The predicted molar refractivity (Wildman–Crippen MR) is 334 cm³/mol. The molecule has 4 saturated carbocycles. The van der Waals surface area contributed by atoms with Gasteiger partial charge < -0.3 is 13.8 Å².